The molecule has 28 heavy (non-hydrogen) atoms. The summed E-state index contributed by atoms with van der Waals surface area (Å²) >= 11 is 0. The second-order valence-electron chi connectivity index (χ2n) is 6.88. The number of fused-ring (bicyclic) bond motifs is 1. The Kier molecular flexibility index (Phi) is 6.39. The molecular formula is C22H25F2N3O. The van der Waals surface area contributed by atoms with Gasteiger partial charge in [-0.2, -0.15) is 0 Å². The van der Waals surface area contributed by atoms with Crippen LogP contribution in [-0.2, 0) is 13.1 Å². The van der Waals surface area contributed by atoms with E-state index in [0.29, 0.717) is 13.1 Å². The molecule has 0 spiro atoms. The zero-order valence-corrected chi connectivity index (χ0v) is 16.3. The molecule has 1 amide bonds. The van der Waals surface area contributed by atoms with Crippen molar-refractivity contribution in [2.75, 3.05) is 6.54 Å². The maximum absolute atomic E-state index is 13.6. The van der Waals surface area contributed by atoms with Crippen LogP contribution >= 0.6 is 0 Å². The van der Waals surface area contributed by atoms with E-state index in [-0.39, 0.29) is 11.5 Å². The van der Waals surface area contributed by atoms with Crippen LogP contribution in [0.3, 0.4) is 0 Å². The number of imidazole rings is 1. The van der Waals surface area contributed by atoms with Crippen LogP contribution < -0.4 is 0 Å². The van der Waals surface area contributed by atoms with E-state index in [0.717, 1.165) is 54.8 Å². The van der Waals surface area contributed by atoms with Gasteiger partial charge in [-0.3, -0.25) is 4.79 Å². The van der Waals surface area contributed by atoms with Crippen molar-refractivity contribution in [3.63, 3.8) is 0 Å². The van der Waals surface area contributed by atoms with Gasteiger partial charge in [0.05, 0.1) is 17.6 Å². The quantitative estimate of drug-likeness (QED) is 0.537. The van der Waals surface area contributed by atoms with Crippen LogP contribution in [-0.4, -0.2) is 26.9 Å². The van der Waals surface area contributed by atoms with E-state index in [1.54, 1.807) is 4.90 Å². The first-order chi connectivity index (χ1) is 13.5. The van der Waals surface area contributed by atoms with E-state index in [1.165, 1.54) is 6.07 Å². The molecule has 0 aliphatic heterocycles. The number of carbonyl (C=O) groups is 1. The van der Waals surface area contributed by atoms with Gasteiger partial charge in [-0.05, 0) is 43.2 Å². The van der Waals surface area contributed by atoms with Crippen molar-refractivity contribution in [2.45, 2.75) is 46.2 Å². The molecule has 4 nitrogen and oxygen atoms in total. The molecule has 0 radical (unpaired) electrons. The van der Waals surface area contributed by atoms with Crippen LogP contribution in [0.25, 0.3) is 11.0 Å². The van der Waals surface area contributed by atoms with Crippen molar-refractivity contribution in [1.29, 1.82) is 0 Å². The Morgan fingerprint density at radius 3 is 2.57 bits per heavy atom. The van der Waals surface area contributed by atoms with E-state index in [1.807, 2.05) is 31.2 Å². The second kappa shape index (κ2) is 8.95. The van der Waals surface area contributed by atoms with Gasteiger partial charge in [-0.1, -0.05) is 32.4 Å². The van der Waals surface area contributed by atoms with Gasteiger partial charge in [-0.25, -0.2) is 13.8 Å². The summed E-state index contributed by atoms with van der Waals surface area (Å²) in [5.74, 6) is -1.49. The molecule has 0 aliphatic carbocycles. The highest BCUT2D eigenvalue weighted by Gasteiger charge is 2.20. The summed E-state index contributed by atoms with van der Waals surface area (Å²) in [7, 11) is 0. The summed E-state index contributed by atoms with van der Waals surface area (Å²) in [6.07, 6.45) is 2.69. The van der Waals surface area contributed by atoms with Gasteiger partial charge in [0.15, 0.2) is 11.6 Å². The standard InChI is InChI=1S/C22H25F2N3O/c1-3-5-13-26(22(28)16-10-11-17(23)18(24)14-16)15-21-25-19-8-6-7-9-20(19)27(21)12-4-2/h6-11,14H,3-5,12-13,15H2,1-2H3. The van der Waals surface area contributed by atoms with E-state index in [9.17, 15) is 13.6 Å². The number of rotatable bonds is 8. The molecule has 0 saturated carbocycles. The van der Waals surface area contributed by atoms with Crippen LogP contribution in [0.15, 0.2) is 42.5 Å². The highest BCUT2D eigenvalue weighted by Crippen LogP contribution is 2.20. The predicted octanol–water partition coefficient (Wildman–Crippen LogP) is 5.17. The highest BCUT2D eigenvalue weighted by atomic mass is 19.2. The molecule has 0 unspecified atom stereocenters. The predicted molar refractivity (Wildman–Crippen MR) is 106 cm³/mol. The SMILES string of the molecule is CCCCN(Cc1nc2ccccc2n1CCC)C(=O)c1ccc(F)c(F)c1. The van der Waals surface area contributed by atoms with Gasteiger partial charge in [0, 0.05) is 18.7 Å². The first-order valence-electron chi connectivity index (χ1n) is 9.73. The van der Waals surface area contributed by atoms with Crippen LogP contribution in [0.4, 0.5) is 8.78 Å². The van der Waals surface area contributed by atoms with Gasteiger partial charge < -0.3 is 9.47 Å². The minimum absolute atomic E-state index is 0.146. The van der Waals surface area contributed by atoms with Gasteiger partial charge in [0.1, 0.15) is 5.82 Å². The summed E-state index contributed by atoms with van der Waals surface area (Å²) in [5.41, 5.74) is 2.07. The van der Waals surface area contributed by atoms with Gasteiger partial charge >= 0.3 is 0 Å². The van der Waals surface area contributed by atoms with E-state index in [2.05, 4.69) is 11.5 Å². The third kappa shape index (κ3) is 4.21. The van der Waals surface area contributed by atoms with Crippen LogP contribution in [0.2, 0.25) is 0 Å². The Morgan fingerprint density at radius 2 is 1.86 bits per heavy atom. The average molecular weight is 385 g/mol. The Balaban J connectivity index is 1.94. The molecule has 2 aromatic carbocycles. The topological polar surface area (TPSA) is 38.1 Å². The van der Waals surface area contributed by atoms with E-state index in [4.69, 9.17) is 4.98 Å². The fourth-order valence-corrected chi connectivity index (χ4v) is 3.30. The van der Waals surface area contributed by atoms with Gasteiger partial charge in [-0.15, -0.1) is 0 Å². The third-order valence-electron chi connectivity index (χ3n) is 4.75. The second-order valence-corrected chi connectivity index (χ2v) is 6.88. The number of aryl methyl sites for hydroxylation is 1. The number of benzene rings is 2. The number of hydrogen-bond donors (Lipinski definition) is 0. The maximum Gasteiger partial charge on any atom is 0.254 e. The molecule has 0 N–H and O–H groups in total. The fraction of sp³-hybridized carbons (Fsp3) is 0.364. The van der Waals surface area contributed by atoms with E-state index >= 15 is 0 Å². The van der Waals surface area contributed by atoms with Crippen molar-refractivity contribution >= 4 is 16.9 Å². The molecule has 0 bridgehead atoms. The number of unbranched alkanes of at least 4 members (excludes halogenated alkanes) is 1. The monoisotopic (exact) mass is 385 g/mol. The number of carbonyl (C=O) groups excluding carboxylic acids is 1. The zero-order chi connectivity index (χ0) is 20.1. The van der Waals surface area contributed by atoms with Gasteiger partial charge in [0.25, 0.3) is 5.91 Å². The number of aromatic nitrogens is 2. The summed E-state index contributed by atoms with van der Waals surface area (Å²) in [6, 6.07) is 11.2. The zero-order valence-electron chi connectivity index (χ0n) is 16.3. The normalized spacial score (nSPS) is 11.1. The minimum atomic E-state index is -1.01. The van der Waals surface area contributed by atoms with Crippen molar-refractivity contribution < 1.29 is 13.6 Å². The average Bonchev–Trinajstić information content (AvgIpc) is 3.04. The van der Waals surface area contributed by atoms with Crippen molar-refractivity contribution in [3.8, 4) is 0 Å². The first-order valence-corrected chi connectivity index (χ1v) is 9.73. The van der Waals surface area contributed by atoms with Crippen molar-refractivity contribution in [2.24, 2.45) is 0 Å². The summed E-state index contributed by atoms with van der Waals surface area (Å²) in [5, 5.41) is 0. The molecule has 0 aliphatic rings. The molecular weight excluding hydrogens is 360 g/mol. The van der Waals surface area contributed by atoms with Crippen LogP contribution in [0.5, 0.6) is 0 Å². The Bertz CT molecular complexity index is 968. The highest BCUT2D eigenvalue weighted by molar-refractivity contribution is 5.94. The lowest BCUT2D eigenvalue weighted by Gasteiger charge is -2.23. The molecule has 0 atom stereocenters. The largest absolute Gasteiger partial charge is 0.331 e. The van der Waals surface area contributed by atoms with E-state index < -0.39 is 11.6 Å². The lowest BCUT2D eigenvalue weighted by Crippen LogP contribution is -2.32. The molecule has 3 rings (SSSR count). The third-order valence-corrected chi connectivity index (χ3v) is 4.75. The number of nitrogens with zero attached hydrogens (tertiary/aromatic N) is 3. The number of para-hydroxylation sites is 2. The van der Waals surface area contributed by atoms with Crippen molar-refractivity contribution in [3.05, 3.63) is 65.5 Å². The Hall–Kier alpha value is -2.76. The molecule has 1 aromatic heterocycles. The minimum Gasteiger partial charge on any atom is -0.331 e. The molecule has 0 fully saturated rings. The van der Waals surface area contributed by atoms with Gasteiger partial charge in [0.2, 0.25) is 0 Å². The lowest BCUT2D eigenvalue weighted by atomic mass is 10.1. The molecule has 6 heteroatoms. The summed E-state index contributed by atoms with van der Waals surface area (Å²) in [6.45, 7) is 5.80. The summed E-state index contributed by atoms with van der Waals surface area (Å²) in [4.78, 5) is 19.4. The van der Waals surface area contributed by atoms with Crippen molar-refractivity contribution in [1.82, 2.24) is 14.5 Å². The number of amides is 1. The fourth-order valence-electron chi connectivity index (χ4n) is 3.30. The Labute approximate surface area is 163 Å². The molecule has 0 saturated heterocycles. The molecule has 3 aromatic rings. The smallest absolute Gasteiger partial charge is 0.254 e. The Morgan fingerprint density at radius 1 is 1.07 bits per heavy atom. The molecule has 148 valence electrons. The number of halogens is 2. The lowest BCUT2D eigenvalue weighted by molar-refractivity contribution is 0.0734. The van der Waals surface area contributed by atoms with Crippen LogP contribution in [0.1, 0.15) is 49.3 Å². The maximum atomic E-state index is 13.6. The number of hydrogen-bond acceptors (Lipinski definition) is 2. The summed E-state index contributed by atoms with van der Waals surface area (Å²) < 4.78 is 29.0. The molecule has 1 heterocycles. The van der Waals surface area contributed by atoms with Crippen LogP contribution in [0, 0.1) is 11.6 Å². The first kappa shape index (κ1) is 20.0.